The first-order valence-electron chi connectivity index (χ1n) is 6.75. The number of nitrogens with zero attached hydrogens (tertiary/aromatic N) is 2. The molecule has 0 radical (unpaired) electrons. The molecule has 19 heavy (non-hydrogen) atoms. The Morgan fingerprint density at radius 2 is 2.11 bits per heavy atom. The average Bonchev–Trinajstić information content (AvgIpc) is 2.37. The smallest absolute Gasteiger partial charge is 0.337 e. The predicted octanol–water partition coefficient (Wildman–Crippen LogP) is 2.23. The normalized spacial score (nSPS) is 10.7. The molecule has 0 spiro atoms. The average molecular weight is 265 g/mol. The molecule has 0 saturated carbocycles. The van der Waals surface area contributed by atoms with E-state index in [9.17, 15) is 4.79 Å². The summed E-state index contributed by atoms with van der Waals surface area (Å²) in [7, 11) is 0. The lowest BCUT2D eigenvalue weighted by Gasteiger charge is -2.19. The lowest BCUT2D eigenvalue weighted by molar-refractivity contribution is 0.0695. The number of carboxylic acid groups (broad SMARTS) is 1. The zero-order valence-corrected chi connectivity index (χ0v) is 11.9. The summed E-state index contributed by atoms with van der Waals surface area (Å²) < 4.78 is 0. The number of anilines is 1. The largest absolute Gasteiger partial charge is 0.478 e. The van der Waals surface area contributed by atoms with E-state index in [-0.39, 0.29) is 5.56 Å². The fourth-order valence-corrected chi connectivity index (χ4v) is 1.97. The minimum atomic E-state index is -0.934. The van der Waals surface area contributed by atoms with Crippen LogP contribution < -0.4 is 5.32 Å². The zero-order valence-electron chi connectivity index (χ0n) is 11.9. The number of hydrogen-bond donors (Lipinski definition) is 2. The molecule has 0 aromatic carbocycles. The van der Waals surface area contributed by atoms with E-state index in [0.29, 0.717) is 5.69 Å². The standard InChI is InChI=1S/C14H23N3O2/c1-4-9-17(5-2)10-8-15-13-7-6-12(14(18)19)11(3)16-13/h6-7H,4-5,8-10H2,1-3H3,(H,15,16)(H,18,19). The number of aryl methyl sites for hydroxylation is 1. The molecule has 0 atom stereocenters. The van der Waals surface area contributed by atoms with Crippen molar-refractivity contribution in [2.24, 2.45) is 0 Å². The first kappa shape index (κ1) is 15.4. The zero-order chi connectivity index (χ0) is 14.3. The second-order valence-electron chi connectivity index (χ2n) is 4.50. The van der Waals surface area contributed by atoms with Crippen molar-refractivity contribution >= 4 is 11.8 Å². The van der Waals surface area contributed by atoms with Gasteiger partial charge in [-0.2, -0.15) is 0 Å². The molecule has 1 rings (SSSR count). The molecule has 0 fully saturated rings. The minimum absolute atomic E-state index is 0.256. The number of aromatic carboxylic acids is 1. The third-order valence-electron chi connectivity index (χ3n) is 3.04. The van der Waals surface area contributed by atoms with E-state index in [1.54, 1.807) is 19.1 Å². The van der Waals surface area contributed by atoms with Gasteiger partial charge in [0.25, 0.3) is 0 Å². The quantitative estimate of drug-likeness (QED) is 0.754. The highest BCUT2D eigenvalue weighted by atomic mass is 16.4. The van der Waals surface area contributed by atoms with Gasteiger partial charge in [0.2, 0.25) is 0 Å². The number of rotatable bonds is 8. The highest BCUT2D eigenvalue weighted by molar-refractivity contribution is 5.89. The van der Waals surface area contributed by atoms with Crippen LogP contribution in [0.3, 0.4) is 0 Å². The van der Waals surface area contributed by atoms with E-state index in [0.717, 1.165) is 38.4 Å². The van der Waals surface area contributed by atoms with Crippen molar-refractivity contribution in [3.8, 4) is 0 Å². The lowest BCUT2D eigenvalue weighted by atomic mass is 10.2. The number of pyridine rings is 1. The van der Waals surface area contributed by atoms with Crippen molar-refractivity contribution in [1.82, 2.24) is 9.88 Å². The molecule has 1 aromatic rings. The summed E-state index contributed by atoms with van der Waals surface area (Å²) >= 11 is 0. The maximum atomic E-state index is 10.9. The van der Waals surface area contributed by atoms with Crippen LogP contribution in [0.1, 0.15) is 36.3 Å². The number of nitrogens with one attached hydrogen (secondary N) is 1. The third-order valence-corrected chi connectivity index (χ3v) is 3.04. The van der Waals surface area contributed by atoms with Gasteiger partial charge in [0.15, 0.2) is 0 Å². The van der Waals surface area contributed by atoms with Crippen LogP contribution in [-0.2, 0) is 0 Å². The maximum absolute atomic E-state index is 10.9. The first-order valence-corrected chi connectivity index (χ1v) is 6.75. The molecule has 2 N–H and O–H groups in total. The molecule has 1 heterocycles. The lowest BCUT2D eigenvalue weighted by Crippen LogP contribution is -2.29. The number of carbonyl (C=O) groups is 1. The van der Waals surface area contributed by atoms with Crippen LogP contribution in [-0.4, -0.2) is 47.1 Å². The summed E-state index contributed by atoms with van der Waals surface area (Å²) in [5, 5.41) is 12.2. The Morgan fingerprint density at radius 1 is 1.37 bits per heavy atom. The van der Waals surface area contributed by atoms with Gasteiger partial charge in [0, 0.05) is 13.1 Å². The summed E-state index contributed by atoms with van der Waals surface area (Å²) in [4.78, 5) is 17.5. The van der Waals surface area contributed by atoms with Gasteiger partial charge in [-0.3, -0.25) is 0 Å². The molecule has 0 bridgehead atoms. The summed E-state index contributed by atoms with van der Waals surface area (Å²) in [5.74, 6) is -0.202. The molecule has 0 aliphatic heterocycles. The summed E-state index contributed by atoms with van der Waals surface area (Å²) in [5.41, 5.74) is 0.796. The van der Waals surface area contributed by atoms with Gasteiger partial charge in [-0.15, -0.1) is 0 Å². The minimum Gasteiger partial charge on any atom is -0.478 e. The molecule has 5 heteroatoms. The van der Waals surface area contributed by atoms with Crippen LogP contribution in [0.4, 0.5) is 5.82 Å². The van der Waals surface area contributed by atoms with Gasteiger partial charge in [0.05, 0.1) is 11.3 Å². The second kappa shape index (κ2) is 7.74. The van der Waals surface area contributed by atoms with Crippen LogP contribution in [0.5, 0.6) is 0 Å². The Labute approximate surface area is 114 Å². The van der Waals surface area contributed by atoms with Crippen LogP contribution >= 0.6 is 0 Å². The Morgan fingerprint density at radius 3 is 2.63 bits per heavy atom. The third kappa shape index (κ3) is 4.87. The van der Waals surface area contributed by atoms with Crippen molar-refractivity contribution in [3.63, 3.8) is 0 Å². The van der Waals surface area contributed by atoms with Gasteiger partial charge >= 0.3 is 5.97 Å². The van der Waals surface area contributed by atoms with Crippen molar-refractivity contribution in [3.05, 3.63) is 23.4 Å². The van der Waals surface area contributed by atoms with E-state index in [4.69, 9.17) is 5.11 Å². The van der Waals surface area contributed by atoms with Gasteiger partial charge < -0.3 is 15.3 Å². The molecular weight excluding hydrogens is 242 g/mol. The van der Waals surface area contributed by atoms with E-state index in [1.165, 1.54) is 0 Å². The van der Waals surface area contributed by atoms with Gasteiger partial charge in [-0.05, 0) is 38.6 Å². The Hall–Kier alpha value is -1.62. The predicted molar refractivity (Wildman–Crippen MR) is 76.8 cm³/mol. The number of hydrogen-bond acceptors (Lipinski definition) is 4. The molecule has 0 amide bonds. The Kier molecular flexibility index (Phi) is 6.29. The molecule has 106 valence electrons. The number of carboxylic acids is 1. The molecule has 5 nitrogen and oxygen atoms in total. The molecule has 0 aliphatic carbocycles. The number of likely N-dealkylation sites (N-methyl/N-ethyl adjacent to an activating group) is 1. The van der Waals surface area contributed by atoms with Crippen molar-refractivity contribution < 1.29 is 9.90 Å². The fraction of sp³-hybridized carbons (Fsp3) is 0.571. The van der Waals surface area contributed by atoms with E-state index in [1.807, 2.05) is 0 Å². The van der Waals surface area contributed by atoms with E-state index < -0.39 is 5.97 Å². The number of aromatic nitrogens is 1. The maximum Gasteiger partial charge on any atom is 0.337 e. The monoisotopic (exact) mass is 265 g/mol. The van der Waals surface area contributed by atoms with Crippen molar-refractivity contribution in [1.29, 1.82) is 0 Å². The van der Waals surface area contributed by atoms with Crippen molar-refractivity contribution in [2.75, 3.05) is 31.5 Å². The van der Waals surface area contributed by atoms with E-state index >= 15 is 0 Å². The second-order valence-corrected chi connectivity index (χ2v) is 4.50. The summed E-state index contributed by atoms with van der Waals surface area (Å²) in [6.07, 6.45) is 1.15. The SMILES string of the molecule is CCCN(CC)CCNc1ccc(C(=O)O)c(C)n1. The van der Waals surface area contributed by atoms with Crippen LogP contribution in [0.15, 0.2) is 12.1 Å². The molecule has 0 unspecified atom stereocenters. The molecular formula is C14H23N3O2. The highest BCUT2D eigenvalue weighted by Gasteiger charge is 2.08. The van der Waals surface area contributed by atoms with Crippen LogP contribution in [0.25, 0.3) is 0 Å². The molecule has 0 aliphatic rings. The van der Waals surface area contributed by atoms with Crippen LogP contribution in [0.2, 0.25) is 0 Å². The van der Waals surface area contributed by atoms with Gasteiger partial charge in [-0.25, -0.2) is 9.78 Å². The van der Waals surface area contributed by atoms with Gasteiger partial charge in [0.1, 0.15) is 5.82 Å². The molecule has 1 aromatic heterocycles. The highest BCUT2D eigenvalue weighted by Crippen LogP contribution is 2.10. The van der Waals surface area contributed by atoms with Gasteiger partial charge in [-0.1, -0.05) is 13.8 Å². The van der Waals surface area contributed by atoms with Crippen molar-refractivity contribution in [2.45, 2.75) is 27.2 Å². The Balaban J connectivity index is 2.50. The molecule has 0 saturated heterocycles. The fourth-order valence-electron chi connectivity index (χ4n) is 1.97. The van der Waals surface area contributed by atoms with E-state index in [2.05, 4.69) is 29.0 Å². The topological polar surface area (TPSA) is 65.5 Å². The summed E-state index contributed by atoms with van der Waals surface area (Å²) in [6.45, 7) is 9.95. The first-order chi connectivity index (χ1) is 9.08. The summed E-state index contributed by atoms with van der Waals surface area (Å²) in [6, 6.07) is 3.31. The Bertz CT molecular complexity index is 421. The van der Waals surface area contributed by atoms with Crippen LogP contribution in [0, 0.1) is 6.92 Å².